The van der Waals surface area contributed by atoms with Crippen molar-refractivity contribution in [1.82, 2.24) is 9.88 Å². The molecule has 2 aliphatic heterocycles. The van der Waals surface area contributed by atoms with Crippen LogP contribution < -0.4 is 0 Å². The molecule has 4 nitrogen and oxygen atoms in total. The van der Waals surface area contributed by atoms with E-state index in [1.807, 2.05) is 24.1 Å². The van der Waals surface area contributed by atoms with Crippen LogP contribution in [-0.4, -0.2) is 21.5 Å². The van der Waals surface area contributed by atoms with Gasteiger partial charge in [-0.25, -0.2) is 0 Å². The zero-order valence-electron chi connectivity index (χ0n) is 17.6. The lowest BCUT2D eigenvalue weighted by Gasteiger charge is -2.34. The predicted molar refractivity (Wildman–Crippen MR) is 119 cm³/mol. The second-order valence-electron chi connectivity index (χ2n) is 8.41. The number of rotatable bonds is 3. The van der Waals surface area contributed by atoms with E-state index in [1.165, 1.54) is 27.8 Å². The molecular weight excluding hydrogens is 370 g/mol. The summed E-state index contributed by atoms with van der Waals surface area (Å²) in [6, 6.07) is 17.1. The van der Waals surface area contributed by atoms with Crippen LogP contribution in [0.4, 0.5) is 0 Å². The fourth-order valence-electron chi connectivity index (χ4n) is 4.51. The van der Waals surface area contributed by atoms with Gasteiger partial charge in [-0.1, -0.05) is 35.9 Å². The molecule has 2 aliphatic rings. The minimum Gasteiger partial charge on any atom is -0.331 e. The summed E-state index contributed by atoms with van der Waals surface area (Å²) >= 11 is 0. The van der Waals surface area contributed by atoms with E-state index in [0.717, 1.165) is 22.5 Å². The summed E-state index contributed by atoms with van der Waals surface area (Å²) in [4.78, 5) is 24.1. The van der Waals surface area contributed by atoms with E-state index in [9.17, 15) is 4.79 Å². The maximum Gasteiger partial charge on any atom is 0.227 e. The molecule has 0 aliphatic carbocycles. The number of aliphatic imine (C=N–C) groups is 1. The molecule has 3 aromatic rings. The highest BCUT2D eigenvalue weighted by Crippen LogP contribution is 2.33. The van der Waals surface area contributed by atoms with Crippen LogP contribution in [-0.2, 0) is 24.3 Å². The normalized spacial score (nSPS) is 16.2. The number of pyridine rings is 1. The van der Waals surface area contributed by atoms with E-state index in [-0.39, 0.29) is 11.9 Å². The Labute approximate surface area is 177 Å². The summed E-state index contributed by atoms with van der Waals surface area (Å²) in [5.74, 6) is 0.194. The minimum atomic E-state index is 0.0514. The van der Waals surface area contributed by atoms with E-state index in [4.69, 9.17) is 4.99 Å². The van der Waals surface area contributed by atoms with Crippen LogP contribution in [0.25, 0.3) is 0 Å². The molecule has 1 atom stereocenters. The van der Waals surface area contributed by atoms with Crippen LogP contribution in [0.5, 0.6) is 0 Å². The van der Waals surface area contributed by atoms with Crippen molar-refractivity contribution < 1.29 is 4.79 Å². The molecule has 0 saturated carbocycles. The smallest absolute Gasteiger partial charge is 0.227 e. The van der Waals surface area contributed by atoms with Crippen LogP contribution >= 0.6 is 0 Å². The van der Waals surface area contributed by atoms with E-state index in [1.54, 1.807) is 0 Å². The first-order valence-corrected chi connectivity index (χ1v) is 10.5. The fourth-order valence-corrected chi connectivity index (χ4v) is 4.51. The highest BCUT2D eigenvalue weighted by molar-refractivity contribution is 6.15. The molecule has 150 valence electrons. The summed E-state index contributed by atoms with van der Waals surface area (Å²) in [6.45, 7) is 7.52. The number of nitrogens with zero attached hydrogens (tertiary/aromatic N) is 3. The van der Waals surface area contributed by atoms with E-state index in [0.29, 0.717) is 19.5 Å². The molecule has 4 heteroatoms. The van der Waals surface area contributed by atoms with Crippen molar-refractivity contribution in [3.63, 3.8) is 0 Å². The van der Waals surface area contributed by atoms with Crippen LogP contribution in [0.3, 0.4) is 0 Å². The first kappa shape index (κ1) is 18.7. The lowest BCUT2D eigenvalue weighted by atomic mass is 9.90. The van der Waals surface area contributed by atoms with Crippen LogP contribution in [0.1, 0.15) is 57.6 Å². The van der Waals surface area contributed by atoms with Crippen molar-refractivity contribution in [1.29, 1.82) is 0 Å². The number of amides is 1. The van der Waals surface area contributed by atoms with Gasteiger partial charge in [0.15, 0.2) is 0 Å². The van der Waals surface area contributed by atoms with Gasteiger partial charge >= 0.3 is 0 Å². The molecule has 5 rings (SSSR count). The number of hydrogen-bond acceptors (Lipinski definition) is 3. The number of aromatic nitrogens is 1. The second kappa shape index (κ2) is 7.21. The van der Waals surface area contributed by atoms with Gasteiger partial charge in [0.25, 0.3) is 0 Å². The lowest BCUT2D eigenvalue weighted by Crippen LogP contribution is -2.38. The maximum absolute atomic E-state index is 13.0. The molecule has 1 amide bonds. The number of fused-ring (bicyclic) bond motifs is 2. The molecule has 0 N–H and O–H groups in total. The van der Waals surface area contributed by atoms with Crippen molar-refractivity contribution >= 4 is 11.6 Å². The molecular formula is C26H25N3O. The highest BCUT2D eigenvalue weighted by Gasteiger charge is 2.30. The number of carbonyl (C=O) groups excluding carboxylic acids is 1. The zero-order chi connectivity index (χ0) is 20.8. The molecule has 3 heterocycles. The fraction of sp³-hybridized carbons (Fsp3) is 0.269. The van der Waals surface area contributed by atoms with Crippen molar-refractivity contribution in [2.75, 3.05) is 0 Å². The van der Waals surface area contributed by atoms with Crippen LogP contribution in [0, 0.1) is 13.8 Å². The van der Waals surface area contributed by atoms with Gasteiger partial charge in [0.2, 0.25) is 5.91 Å². The first-order valence-electron chi connectivity index (χ1n) is 10.5. The van der Waals surface area contributed by atoms with Gasteiger partial charge in [-0.3, -0.25) is 14.8 Å². The molecule has 0 fully saturated rings. The molecule has 0 unspecified atom stereocenters. The molecule has 1 aromatic heterocycles. The van der Waals surface area contributed by atoms with Gasteiger partial charge in [-0.2, -0.15) is 0 Å². The van der Waals surface area contributed by atoms with Gasteiger partial charge in [-0.05, 0) is 61.2 Å². The number of hydrogen-bond donors (Lipinski definition) is 0. The van der Waals surface area contributed by atoms with E-state index < -0.39 is 0 Å². The third-order valence-corrected chi connectivity index (χ3v) is 6.29. The lowest BCUT2D eigenvalue weighted by molar-refractivity contribution is -0.134. The van der Waals surface area contributed by atoms with Crippen molar-refractivity contribution in [2.45, 2.75) is 46.3 Å². The SMILES string of the molecule is Cc1ccc([C@@H](C)N2Cc3cc4c(cc3CC2=O)CN=C4c2ccnc(C)c2)cc1. The summed E-state index contributed by atoms with van der Waals surface area (Å²) in [5, 5.41) is 0. The first-order chi connectivity index (χ1) is 14.5. The van der Waals surface area contributed by atoms with Gasteiger partial charge in [0.05, 0.1) is 24.7 Å². The Morgan fingerprint density at radius 3 is 2.53 bits per heavy atom. The standard InChI is InChI=1S/C26H25N3O/c1-16-4-6-19(7-5-16)18(3)29-15-23-12-24-22(11-21(23)13-25(29)30)14-28-26(24)20-8-9-27-17(2)10-20/h4-12,18H,13-15H2,1-3H3/t18-/m1/s1. The minimum absolute atomic E-state index is 0.0514. The average Bonchev–Trinajstić information content (AvgIpc) is 3.14. The molecule has 30 heavy (non-hydrogen) atoms. The Kier molecular flexibility index (Phi) is 4.50. The topological polar surface area (TPSA) is 45.6 Å². The highest BCUT2D eigenvalue weighted by atomic mass is 16.2. The molecule has 0 radical (unpaired) electrons. The Bertz CT molecular complexity index is 1180. The largest absolute Gasteiger partial charge is 0.331 e. The maximum atomic E-state index is 13.0. The molecule has 0 spiro atoms. The van der Waals surface area contributed by atoms with E-state index >= 15 is 0 Å². The molecule has 0 saturated heterocycles. The number of carbonyl (C=O) groups is 1. The Balaban J connectivity index is 1.48. The Hall–Kier alpha value is -3.27. The van der Waals surface area contributed by atoms with Crippen LogP contribution in [0.2, 0.25) is 0 Å². The second-order valence-corrected chi connectivity index (χ2v) is 8.41. The Morgan fingerprint density at radius 1 is 0.967 bits per heavy atom. The predicted octanol–water partition coefficient (Wildman–Crippen LogP) is 4.70. The quantitative estimate of drug-likeness (QED) is 0.646. The van der Waals surface area contributed by atoms with Gasteiger partial charge in [0, 0.05) is 29.6 Å². The molecule has 2 aromatic carbocycles. The summed E-state index contributed by atoms with van der Waals surface area (Å²) in [7, 11) is 0. The number of aryl methyl sites for hydroxylation is 2. The van der Waals surface area contributed by atoms with Crippen molar-refractivity contribution in [3.8, 4) is 0 Å². The monoisotopic (exact) mass is 395 g/mol. The number of benzene rings is 2. The third kappa shape index (κ3) is 3.22. The average molecular weight is 396 g/mol. The zero-order valence-corrected chi connectivity index (χ0v) is 17.6. The van der Waals surface area contributed by atoms with Gasteiger partial charge in [-0.15, -0.1) is 0 Å². The summed E-state index contributed by atoms with van der Waals surface area (Å²) < 4.78 is 0. The van der Waals surface area contributed by atoms with Crippen molar-refractivity contribution in [2.24, 2.45) is 4.99 Å². The van der Waals surface area contributed by atoms with Gasteiger partial charge < -0.3 is 4.90 Å². The Morgan fingerprint density at radius 2 is 1.77 bits per heavy atom. The van der Waals surface area contributed by atoms with E-state index in [2.05, 4.69) is 61.3 Å². The van der Waals surface area contributed by atoms with Crippen molar-refractivity contribution in [3.05, 3.63) is 99.4 Å². The summed E-state index contributed by atoms with van der Waals surface area (Å²) in [6.07, 6.45) is 2.30. The van der Waals surface area contributed by atoms with Gasteiger partial charge in [0.1, 0.15) is 0 Å². The third-order valence-electron chi connectivity index (χ3n) is 6.29. The molecule has 0 bridgehead atoms. The van der Waals surface area contributed by atoms with Crippen LogP contribution in [0.15, 0.2) is 59.7 Å². The summed E-state index contributed by atoms with van der Waals surface area (Å²) in [5.41, 5.74) is 10.3.